The van der Waals surface area contributed by atoms with Gasteiger partial charge in [-0.2, -0.15) is 5.48 Å². The molecule has 2 aliphatic heterocycles. The SMILES string of the molecule is CNOC(=O)OC1=Nc2cc(OCCCCN3CCN(c4cccc(Cl)c4Cl)CC3)ccc2CC1. The van der Waals surface area contributed by atoms with Crippen LogP contribution >= 0.6 is 23.2 Å². The summed E-state index contributed by atoms with van der Waals surface area (Å²) in [5.74, 6) is 1.10. The maximum atomic E-state index is 11.5. The van der Waals surface area contributed by atoms with Gasteiger partial charge in [-0.3, -0.25) is 4.90 Å². The highest BCUT2D eigenvalue weighted by molar-refractivity contribution is 6.43. The molecule has 0 aromatic heterocycles. The molecule has 4 rings (SSSR count). The van der Waals surface area contributed by atoms with Gasteiger partial charge in [0.15, 0.2) is 0 Å². The minimum Gasteiger partial charge on any atom is -0.494 e. The lowest BCUT2D eigenvalue weighted by Crippen LogP contribution is -2.46. The molecule has 0 unspecified atom stereocenters. The van der Waals surface area contributed by atoms with Crippen LogP contribution < -0.4 is 15.1 Å². The van der Waals surface area contributed by atoms with E-state index in [1.807, 2.05) is 36.4 Å². The Hall–Kier alpha value is -2.52. The monoisotopic (exact) mass is 520 g/mol. The number of benzene rings is 2. The third kappa shape index (κ3) is 7.01. The van der Waals surface area contributed by atoms with Crippen molar-refractivity contribution in [1.82, 2.24) is 10.4 Å². The number of nitrogens with zero attached hydrogens (tertiary/aromatic N) is 3. The van der Waals surface area contributed by atoms with Crippen LogP contribution in [0.1, 0.15) is 24.8 Å². The second-order valence-electron chi connectivity index (χ2n) is 8.41. The first-order valence-corrected chi connectivity index (χ1v) is 12.6. The molecule has 1 N–H and O–H groups in total. The normalized spacial score (nSPS) is 15.9. The maximum Gasteiger partial charge on any atom is 0.534 e. The lowest BCUT2D eigenvalue weighted by Gasteiger charge is -2.36. The Bertz CT molecular complexity index is 1060. The highest BCUT2D eigenvalue weighted by atomic mass is 35.5. The summed E-state index contributed by atoms with van der Waals surface area (Å²) in [5.41, 5.74) is 5.16. The lowest BCUT2D eigenvalue weighted by atomic mass is 10.0. The fourth-order valence-corrected chi connectivity index (χ4v) is 4.65. The zero-order valence-electron chi connectivity index (χ0n) is 19.8. The molecular weight excluding hydrogens is 491 g/mol. The Morgan fingerprint density at radius 2 is 1.91 bits per heavy atom. The number of fused-ring (bicyclic) bond motifs is 1. The molecule has 10 heteroatoms. The fourth-order valence-electron chi connectivity index (χ4n) is 4.23. The van der Waals surface area contributed by atoms with E-state index in [0.717, 1.165) is 74.7 Å². The Labute approximate surface area is 215 Å². The van der Waals surface area contributed by atoms with Gasteiger partial charge in [-0.25, -0.2) is 9.79 Å². The quantitative estimate of drug-likeness (QED) is 0.289. The molecule has 35 heavy (non-hydrogen) atoms. The molecule has 0 radical (unpaired) electrons. The van der Waals surface area contributed by atoms with Crippen molar-refractivity contribution in [3.8, 4) is 5.75 Å². The number of anilines is 1. The molecule has 0 spiro atoms. The number of rotatable bonds is 8. The van der Waals surface area contributed by atoms with Crippen molar-refractivity contribution in [3.63, 3.8) is 0 Å². The number of carbonyl (C=O) groups excluding carboxylic acids is 1. The van der Waals surface area contributed by atoms with E-state index in [-0.39, 0.29) is 0 Å². The first-order chi connectivity index (χ1) is 17.0. The summed E-state index contributed by atoms with van der Waals surface area (Å²) in [6.45, 7) is 5.55. The molecule has 0 aliphatic carbocycles. The zero-order valence-corrected chi connectivity index (χ0v) is 21.3. The average Bonchev–Trinajstić information content (AvgIpc) is 2.86. The molecule has 2 aromatic rings. The number of hydrogen-bond acceptors (Lipinski definition) is 8. The number of ether oxygens (including phenoxy) is 2. The first kappa shape index (κ1) is 25.6. The Morgan fingerprint density at radius 3 is 2.71 bits per heavy atom. The van der Waals surface area contributed by atoms with Crippen molar-refractivity contribution in [2.75, 3.05) is 51.3 Å². The summed E-state index contributed by atoms with van der Waals surface area (Å²) < 4.78 is 11.1. The summed E-state index contributed by atoms with van der Waals surface area (Å²) in [7, 11) is 1.49. The van der Waals surface area contributed by atoms with E-state index in [4.69, 9.17) is 32.7 Å². The van der Waals surface area contributed by atoms with E-state index in [0.29, 0.717) is 29.0 Å². The number of hydrogen-bond donors (Lipinski definition) is 1. The van der Waals surface area contributed by atoms with Crippen molar-refractivity contribution >= 4 is 46.6 Å². The van der Waals surface area contributed by atoms with E-state index in [2.05, 4.69) is 25.1 Å². The molecule has 1 fully saturated rings. The van der Waals surface area contributed by atoms with Crippen LogP contribution in [0.5, 0.6) is 5.75 Å². The molecule has 2 aliphatic rings. The van der Waals surface area contributed by atoms with Crippen LogP contribution in [0.15, 0.2) is 41.4 Å². The van der Waals surface area contributed by atoms with Crippen LogP contribution in [0.2, 0.25) is 10.0 Å². The molecule has 1 saturated heterocycles. The molecule has 0 bridgehead atoms. The zero-order chi connectivity index (χ0) is 24.6. The van der Waals surface area contributed by atoms with Gasteiger partial charge in [-0.15, -0.1) is 0 Å². The van der Waals surface area contributed by atoms with Gasteiger partial charge in [-0.1, -0.05) is 35.3 Å². The second-order valence-corrected chi connectivity index (χ2v) is 9.20. The van der Waals surface area contributed by atoms with Gasteiger partial charge in [0, 0.05) is 45.7 Å². The molecule has 0 amide bonds. The van der Waals surface area contributed by atoms with Gasteiger partial charge < -0.3 is 19.2 Å². The van der Waals surface area contributed by atoms with Gasteiger partial charge >= 0.3 is 6.16 Å². The molecule has 188 valence electrons. The van der Waals surface area contributed by atoms with Gasteiger partial charge in [0.1, 0.15) is 5.75 Å². The molecule has 2 heterocycles. The summed E-state index contributed by atoms with van der Waals surface area (Å²) in [6.07, 6.45) is 2.50. The predicted molar refractivity (Wildman–Crippen MR) is 138 cm³/mol. The number of halogens is 2. The minimum atomic E-state index is -0.822. The minimum absolute atomic E-state index is 0.340. The van der Waals surface area contributed by atoms with Gasteiger partial charge in [-0.05, 0) is 49.6 Å². The summed E-state index contributed by atoms with van der Waals surface area (Å²) in [4.78, 5) is 25.3. The molecule has 8 nitrogen and oxygen atoms in total. The van der Waals surface area contributed by atoms with Gasteiger partial charge in [0.05, 0.1) is 28.0 Å². The number of unbranched alkanes of at least 4 members (excludes halogenated alkanes) is 1. The Balaban J connectivity index is 1.17. The number of hydroxylamine groups is 1. The number of nitrogens with one attached hydrogen (secondary N) is 1. The van der Waals surface area contributed by atoms with Crippen LogP contribution in [-0.4, -0.2) is 63.3 Å². The second kappa shape index (κ2) is 12.4. The first-order valence-electron chi connectivity index (χ1n) is 11.8. The van der Waals surface area contributed by atoms with Crippen molar-refractivity contribution in [2.45, 2.75) is 25.7 Å². The maximum absolute atomic E-state index is 11.5. The Morgan fingerprint density at radius 1 is 1.09 bits per heavy atom. The lowest BCUT2D eigenvalue weighted by molar-refractivity contribution is 0.0568. The third-order valence-corrected chi connectivity index (χ3v) is 6.89. The Kier molecular flexibility index (Phi) is 9.09. The predicted octanol–water partition coefficient (Wildman–Crippen LogP) is 5.24. The third-order valence-electron chi connectivity index (χ3n) is 6.08. The average molecular weight is 521 g/mol. The molecule has 2 aromatic carbocycles. The van der Waals surface area contributed by atoms with E-state index >= 15 is 0 Å². The number of carbonyl (C=O) groups is 1. The molecule has 0 saturated carbocycles. The molecular formula is C25H30Cl2N4O4. The van der Waals surface area contributed by atoms with Gasteiger partial charge in [0.2, 0.25) is 5.90 Å². The number of piperazine rings is 1. The standard InChI is InChI=1S/C25H30Cl2N4O4/c1-28-35-25(32)34-23-10-8-18-7-9-19(17-21(18)29-23)33-16-3-2-11-30-12-14-31(15-13-30)22-6-4-5-20(26)24(22)27/h4-7,9,17,28H,2-3,8,10-16H2,1H3. The largest absolute Gasteiger partial charge is 0.534 e. The van der Waals surface area contributed by atoms with Crippen LogP contribution in [0.25, 0.3) is 0 Å². The van der Waals surface area contributed by atoms with E-state index in [1.165, 1.54) is 7.05 Å². The smallest absolute Gasteiger partial charge is 0.494 e. The van der Waals surface area contributed by atoms with Crippen molar-refractivity contribution in [3.05, 3.63) is 52.0 Å². The van der Waals surface area contributed by atoms with Crippen molar-refractivity contribution in [1.29, 1.82) is 0 Å². The van der Waals surface area contributed by atoms with Crippen LogP contribution in [-0.2, 0) is 16.0 Å². The fraction of sp³-hybridized carbons (Fsp3) is 0.440. The van der Waals surface area contributed by atoms with Crippen LogP contribution in [0.4, 0.5) is 16.2 Å². The summed E-state index contributed by atoms with van der Waals surface area (Å²) >= 11 is 12.5. The number of aryl methyl sites for hydroxylation is 1. The van der Waals surface area contributed by atoms with Crippen molar-refractivity contribution in [2.24, 2.45) is 4.99 Å². The van der Waals surface area contributed by atoms with Crippen LogP contribution in [0.3, 0.4) is 0 Å². The summed E-state index contributed by atoms with van der Waals surface area (Å²) in [6, 6.07) is 11.7. The van der Waals surface area contributed by atoms with E-state index < -0.39 is 6.16 Å². The number of aliphatic imine (C=N–C) groups is 1. The van der Waals surface area contributed by atoms with Gasteiger partial charge in [0.25, 0.3) is 0 Å². The van der Waals surface area contributed by atoms with Crippen molar-refractivity contribution < 1.29 is 19.1 Å². The highest BCUT2D eigenvalue weighted by Gasteiger charge is 2.20. The highest BCUT2D eigenvalue weighted by Crippen LogP contribution is 2.33. The topological polar surface area (TPSA) is 75.6 Å². The van der Waals surface area contributed by atoms with E-state index in [9.17, 15) is 4.79 Å². The molecule has 0 atom stereocenters. The summed E-state index contributed by atoms with van der Waals surface area (Å²) in [5, 5.41) is 1.23. The van der Waals surface area contributed by atoms with E-state index in [1.54, 1.807) is 0 Å². The van der Waals surface area contributed by atoms with Crippen LogP contribution in [0, 0.1) is 0 Å².